The second-order valence-electron chi connectivity index (χ2n) is 6.89. The van der Waals surface area contributed by atoms with Gasteiger partial charge in [0.1, 0.15) is 5.76 Å². The molecule has 0 atom stereocenters. The number of sulfonamides is 1. The normalized spacial score (nSPS) is 16.7. The summed E-state index contributed by atoms with van der Waals surface area (Å²) in [4.78, 5) is 14.4. The van der Waals surface area contributed by atoms with Crippen LogP contribution in [0.15, 0.2) is 45.9 Å². The van der Waals surface area contributed by atoms with Crippen molar-refractivity contribution >= 4 is 21.6 Å². The van der Waals surface area contributed by atoms with Gasteiger partial charge in [-0.1, -0.05) is 0 Å². The Bertz CT molecular complexity index is 902. The van der Waals surface area contributed by atoms with Crippen molar-refractivity contribution in [2.75, 3.05) is 18.0 Å². The molecule has 1 fully saturated rings. The molecule has 0 spiro atoms. The van der Waals surface area contributed by atoms with Gasteiger partial charge in [-0.2, -0.15) is 0 Å². The maximum Gasteiger partial charge on any atom is 0.240 e. The van der Waals surface area contributed by atoms with E-state index in [4.69, 9.17) is 4.42 Å². The topological polar surface area (TPSA) is 79.6 Å². The molecule has 138 valence electrons. The van der Waals surface area contributed by atoms with Crippen molar-refractivity contribution in [3.8, 4) is 0 Å². The van der Waals surface area contributed by atoms with E-state index in [1.165, 1.54) is 0 Å². The number of nitrogens with zero attached hydrogens (tertiary/aromatic N) is 1. The minimum absolute atomic E-state index is 0.167. The van der Waals surface area contributed by atoms with Crippen LogP contribution in [0.25, 0.3) is 0 Å². The second kappa shape index (κ2) is 6.89. The predicted octanol–water partition coefficient (Wildman–Crippen LogP) is 2.49. The first kappa shape index (κ1) is 17.3. The number of hydrogen-bond donors (Lipinski definition) is 1. The molecule has 1 aliphatic heterocycles. The summed E-state index contributed by atoms with van der Waals surface area (Å²) in [6.07, 6.45) is 5.62. The fourth-order valence-electron chi connectivity index (χ4n) is 3.33. The standard InChI is InChI=1S/C19H22N2O4S/c22-19(14-5-6-14)21-11-9-15-13-17(7-8-18(15)21)26(23,24)20-10-1-3-16-4-2-12-25-16/h2,4,7-8,12-14,20H,1,3,5-6,9-11H2. The van der Waals surface area contributed by atoms with Crippen molar-refractivity contribution in [3.63, 3.8) is 0 Å². The Hall–Kier alpha value is -2.12. The zero-order chi connectivity index (χ0) is 18.1. The molecule has 6 nitrogen and oxygen atoms in total. The summed E-state index contributed by atoms with van der Waals surface area (Å²) >= 11 is 0. The molecule has 1 amide bonds. The van der Waals surface area contributed by atoms with Crippen molar-refractivity contribution in [3.05, 3.63) is 47.9 Å². The Labute approximate surface area is 153 Å². The van der Waals surface area contributed by atoms with E-state index in [0.29, 0.717) is 32.4 Å². The summed E-state index contributed by atoms with van der Waals surface area (Å²) in [6, 6.07) is 8.75. The Balaban J connectivity index is 1.40. The Kier molecular flexibility index (Phi) is 4.58. The average molecular weight is 374 g/mol. The van der Waals surface area contributed by atoms with Crippen LogP contribution in [0, 0.1) is 5.92 Å². The molecule has 1 aliphatic carbocycles. The molecule has 0 saturated heterocycles. The number of rotatable bonds is 7. The summed E-state index contributed by atoms with van der Waals surface area (Å²) in [7, 11) is -3.55. The van der Waals surface area contributed by atoms with E-state index in [0.717, 1.165) is 29.9 Å². The molecular weight excluding hydrogens is 352 g/mol. The van der Waals surface area contributed by atoms with Crippen molar-refractivity contribution in [1.29, 1.82) is 0 Å². The number of benzene rings is 1. The third-order valence-electron chi connectivity index (χ3n) is 4.92. The zero-order valence-electron chi connectivity index (χ0n) is 14.5. The van der Waals surface area contributed by atoms with Crippen LogP contribution in [-0.4, -0.2) is 27.4 Å². The van der Waals surface area contributed by atoms with Gasteiger partial charge in [-0.25, -0.2) is 13.1 Å². The highest BCUT2D eigenvalue weighted by Crippen LogP contribution is 2.37. The summed E-state index contributed by atoms with van der Waals surface area (Å²) in [5, 5.41) is 0. The lowest BCUT2D eigenvalue weighted by Crippen LogP contribution is -2.30. The number of fused-ring (bicyclic) bond motifs is 1. The summed E-state index contributed by atoms with van der Waals surface area (Å²) in [6.45, 7) is 0.997. The van der Waals surface area contributed by atoms with E-state index < -0.39 is 10.0 Å². The molecule has 1 saturated carbocycles. The second-order valence-corrected chi connectivity index (χ2v) is 8.65. The van der Waals surface area contributed by atoms with Crippen LogP contribution in [-0.2, 0) is 27.7 Å². The summed E-state index contributed by atoms with van der Waals surface area (Å²) in [5.41, 5.74) is 1.79. The van der Waals surface area contributed by atoms with Crippen LogP contribution in [0.5, 0.6) is 0 Å². The maximum atomic E-state index is 12.5. The number of amides is 1. The van der Waals surface area contributed by atoms with Crippen molar-refractivity contribution in [1.82, 2.24) is 4.72 Å². The fourth-order valence-corrected chi connectivity index (χ4v) is 4.46. The number of carbonyl (C=O) groups excluding carboxylic acids is 1. The van der Waals surface area contributed by atoms with Gasteiger partial charge in [-0.15, -0.1) is 0 Å². The van der Waals surface area contributed by atoms with Crippen LogP contribution in [0.3, 0.4) is 0 Å². The first-order valence-electron chi connectivity index (χ1n) is 9.01. The van der Waals surface area contributed by atoms with E-state index >= 15 is 0 Å². The molecular formula is C19H22N2O4S. The molecule has 7 heteroatoms. The molecule has 2 heterocycles. The average Bonchev–Trinajstić information content (AvgIpc) is 3.19. The minimum Gasteiger partial charge on any atom is -0.469 e. The van der Waals surface area contributed by atoms with Crippen LogP contribution in [0.2, 0.25) is 0 Å². The molecule has 0 unspecified atom stereocenters. The molecule has 1 aromatic heterocycles. The van der Waals surface area contributed by atoms with Gasteiger partial charge in [0.15, 0.2) is 0 Å². The van der Waals surface area contributed by atoms with Crippen molar-refractivity contribution in [2.24, 2.45) is 5.92 Å². The van der Waals surface area contributed by atoms with Gasteiger partial charge in [0, 0.05) is 31.1 Å². The highest BCUT2D eigenvalue weighted by Gasteiger charge is 2.36. The molecule has 26 heavy (non-hydrogen) atoms. The molecule has 2 aliphatic rings. The van der Waals surface area contributed by atoms with Gasteiger partial charge >= 0.3 is 0 Å². The number of hydrogen-bond acceptors (Lipinski definition) is 4. The highest BCUT2D eigenvalue weighted by atomic mass is 32.2. The van der Waals surface area contributed by atoms with Gasteiger partial charge in [0.25, 0.3) is 0 Å². The monoisotopic (exact) mass is 374 g/mol. The molecule has 0 bridgehead atoms. The van der Waals surface area contributed by atoms with Crippen LogP contribution >= 0.6 is 0 Å². The number of furan rings is 1. The lowest BCUT2D eigenvalue weighted by molar-refractivity contribution is -0.119. The first-order valence-corrected chi connectivity index (χ1v) is 10.5. The van der Waals surface area contributed by atoms with Gasteiger partial charge < -0.3 is 9.32 Å². The fraction of sp³-hybridized carbons (Fsp3) is 0.421. The Morgan fingerprint density at radius 2 is 2.12 bits per heavy atom. The van der Waals surface area contributed by atoms with Gasteiger partial charge in [0.2, 0.25) is 15.9 Å². The summed E-state index contributed by atoms with van der Waals surface area (Å²) < 4.78 is 32.9. The Morgan fingerprint density at radius 1 is 1.27 bits per heavy atom. The van der Waals surface area contributed by atoms with E-state index in [9.17, 15) is 13.2 Å². The van der Waals surface area contributed by atoms with Gasteiger partial charge in [0.05, 0.1) is 11.2 Å². The maximum absolute atomic E-state index is 12.5. The van der Waals surface area contributed by atoms with Crippen LogP contribution in [0.1, 0.15) is 30.6 Å². The summed E-state index contributed by atoms with van der Waals surface area (Å²) in [5.74, 6) is 1.19. The van der Waals surface area contributed by atoms with E-state index in [1.54, 1.807) is 29.4 Å². The van der Waals surface area contributed by atoms with E-state index in [2.05, 4.69) is 4.72 Å². The quantitative estimate of drug-likeness (QED) is 0.755. The van der Waals surface area contributed by atoms with E-state index in [-0.39, 0.29) is 16.7 Å². The SMILES string of the molecule is O=C(C1CC1)N1CCc2cc(S(=O)(=O)NCCCc3ccco3)ccc21. The highest BCUT2D eigenvalue weighted by molar-refractivity contribution is 7.89. The first-order chi connectivity index (χ1) is 12.5. The lowest BCUT2D eigenvalue weighted by Gasteiger charge is -2.17. The number of nitrogens with one attached hydrogen (secondary N) is 1. The molecule has 4 rings (SSSR count). The predicted molar refractivity (Wildman–Crippen MR) is 97.4 cm³/mol. The zero-order valence-corrected chi connectivity index (χ0v) is 15.3. The van der Waals surface area contributed by atoms with Gasteiger partial charge in [-0.05, 0) is 61.6 Å². The van der Waals surface area contributed by atoms with Crippen LogP contribution < -0.4 is 9.62 Å². The number of anilines is 1. The van der Waals surface area contributed by atoms with E-state index in [1.807, 2.05) is 12.1 Å². The number of aryl methyl sites for hydroxylation is 1. The molecule has 2 aromatic rings. The minimum atomic E-state index is -3.55. The molecule has 0 radical (unpaired) electrons. The third kappa shape index (κ3) is 3.54. The van der Waals surface area contributed by atoms with Crippen molar-refractivity contribution < 1.29 is 17.6 Å². The van der Waals surface area contributed by atoms with Gasteiger partial charge in [-0.3, -0.25) is 4.79 Å². The lowest BCUT2D eigenvalue weighted by atomic mass is 10.2. The Morgan fingerprint density at radius 3 is 2.85 bits per heavy atom. The van der Waals surface area contributed by atoms with Crippen LogP contribution in [0.4, 0.5) is 5.69 Å². The third-order valence-corrected chi connectivity index (χ3v) is 6.38. The molecule has 1 aromatic carbocycles. The van der Waals surface area contributed by atoms with Crippen molar-refractivity contribution in [2.45, 2.75) is 37.0 Å². The largest absolute Gasteiger partial charge is 0.469 e. The number of carbonyl (C=O) groups is 1. The smallest absolute Gasteiger partial charge is 0.240 e. The molecule has 1 N–H and O–H groups in total.